The second kappa shape index (κ2) is 6.14. The first-order chi connectivity index (χ1) is 9.09. The van der Waals surface area contributed by atoms with Gasteiger partial charge in [-0.05, 0) is 31.0 Å². The number of ether oxygens (including phenoxy) is 1. The van der Waals surface area contributed by atoms with Gasteiger partial charge in [0.25, 0.3) is 0 Å². The maximum atomic E-state index is 13.9. The molecule has 0 aliphatic heterocycles. The van der Waals surface area contributed by atoms with Crippen LogP contribution in [-0.2, 0) is 4.74 Å². The molecular weight excluding hydrogens is 311 g/mol. The van der Waals surface area contributed by atoms with E-state index in [2.05, 4.69) is 15.9 Å². The standard InChI is InChI=1S/C15H18BrFO2/c1-19-15(8-4-2-3-5-9-15)14(18)12-10-11(16)6-7-13(12)17/h6-7,10H,2-5,8-9H2,1H3. The molecule has 4 heteroatoms. The second-order valence-electron chi connectivity index (χ2n) is 5.07. The zero-order chi connectivity index (χ0) is 13.9. The molecule has 1 fully saturated rings. The molecule has 1 aromatic carbocycles. The zero-order valence-electron chi connectivity index (χ0n) is 11.0. The fraction of sp³-hybridized carbons (Fsp3) is 0.533. The summed E-state index contributed by atoms with van der Waals surface area (Å²) in [6.07, 6.45) is 5.48. The highest BCUT2D eigenvalue weighted by Crippen LogP contribution is 2.34. The first-order valence-corrected chi connectivity index (χ1v) is 7.43. The number of methoxy groups -OCH3 is 1. The molecular formula is C15H18BrFO2. The number of rotatable bonds is 3. The van der Waals surface area contributed by atoms with Crippen molar-refractivity contribution >= 4 is 21.7 Å². The molecule has 2 nitrogen and oxygen atoms in total. The third-order valence-electron chi connectivity index (χ3n) is 3.89. The van der Waals surface area contributed by atoms with Gasteiger partial charge in [0, 0.05) is 11.6 Å². The van der Waals surface area contributed by atoms with Crippen molar-refractivity contribution in [3.63, 3.8) is 0 Å². The van der Waals surface area contributed by atoms with Crippen LogP contribution in [0.1, 0.15) is 48.9 Å². The Balaban J connectivity index is 2.36. The van der Waals surface area contributed by atoms with Gasteiger partial charge in [0.05, 0.1) is 5.56 Å². The second-order valence-corrected chi connectivity index (χ2v) is 5.98. The highest BCUT2D eigenvalue weighted by atomic mass is 79.9. The Morgan fingerprint density at radius 1 is 1.26 bits per heavy atom. The third-order valence-corrected chi connectivity index (χ3v) is 4.38. The summed E-state index contributed by atoms with van der Waals surface area (Å²) in [7, 11) is 1.55. The summed E-state index contributed by atoms with van der Waals surface area (Å²) in [5, 5.41) is 0. The minimum Gasteiger partial charge on any atom is -0.370 e. The molecule has 0 radical (unpaired) electrons. The normalized spacial score (nSPS) is 18.9. The molecule has 2 rings (SSSR count). The van der Waals surface area contributed by atoms with Gasteiger partial charge in [-0.1, -0.05) is 41.6 Å². The van der Waals surface area contributed by atoms with Crippen LogP contribution in [0.25, 0.3) is 0 Å². The van der Waals surface area contributed by atoms with Gasteiger partial charge in [0.1, 0.15) is 11.4 Å². The van der Waals surface area contributed by atoms with Crippen LogP contribution in [0.3, 0.4) is 0 Å². The van der Waals surface area contributed by atoms with Crippen molar-refractivity contribution < 1.29 is 13.9 Å². The van der Waals surface area contributed by atoms with Crippen molar-refractivity contribution in [2.45, 2.75) is 44.1 Å². The molecule has 19 heavy (non-hydrogen) atoms. The maximum Gasteiger partial charge on any atom is 0.197 e. The summed E-state index contributed by atoms with van der Waals surface area (Å²) in [4.78, 5) is 12.7. The van der Waals surface area contributed by atoms with Crippen LogP contribution in [0.2, 0.25) is 0 Å². The number of carbonyl (C=O) groups excluding carboxylic acids is 1. The fourth-order valence-electron chi connectivity index (χ4n) is 2.74. The number of Topliss-reactive ketones (excluding diaryl/α,β-unsaturated/α-hetero) is 1. The third kappa shape index (κ3) is 3.06. The van der Waals surface area contributed by atoms with Crippen molar-refractivity contribution in [3.8, 4) is 0 Å². The molecule has 0 amide bonds. The van der Waals surface area contributed by atoms with Gasteiger partial charge in [0.2, 0.25) is 0 Å². The average Bonchev–Trinajstić information content (AvgIpc) is 2.67. The highest BCUT2D eigenvalue weighted by Gasteiger charge is 2.40. The van der Waals surface area contributed by atoms with Crippen LogP contribution >= 0.6 is 15.9 Å². The SMILES string of the molecule is COC1(C(=O)c2cc(Br)ccc2F)CCCCCC1. The number of halogens is 2. The van der Waals surface area contributed by atoms with E-state index in [1.165, 1.54) is 6.07 Å². The lowest BCUT2D eigenvalue weighted by molar-refractivity contribution is -0.00723. The summed E-state index contributed by atoms with van der Waals surface area (Å²) in [5.41, 5.74) is -0.726. The van der Waals surface area contributed by atoms with Gasteiger partial charge in [0.15, 0.2) is 5.78 Å². The summed E-state index contributed by atoms with van der Waals surface area (Å²) < 4.78 is 20.1. The van der Waals surface area contributed by atoms with Crippen molar-refractivity contribution in [2.24, 2.45) is 0 Å². The predicted octanol–water partition coefficient (Wildman–Crippen LogP) is 4.51. The smallest absolute Gasteiger partial charge is 0.197 e. The largest absolute Gasteiger partial charge is 0.370 e. The van der Waals surface area contributed by atoms with E-state index < -0.39 is 11.4 Å². The molecule has 0 unspecified atom stereocenters. The Morgan fingerprint density at radius 2 is 1.89 bits per heavy atom. The quantitative estimate of drug-likeness (QED) is 0.602. The van der Waals surface area contributed by atoms with Crippen molar-refractivity contribution in [3.05, 3.63) is 34.1 Å². The molecule has 104 valence electrons. The Kier molecular flexibility index (Phi) is 4.74. The summed E-state index contributed by atoms with van der Waals surface area (Å²) in [6.45, 7) is 0. The number of carbonyl (C=O) groups is 1. The molecule has 0 heterocycles. The minimum atomic E-state index is -0.849. The van der Waals surface area contributed by atoms with Crippen LogP contribution in [-0.4, -0.2) is 18.5 Å². The van der Waals surface area contributed by atoms with E-state index in [4.69, 9.17) is 4.74 Å². The lowest BCUT2D eigenvalue weighted by atomic mass is 9.85. The van der Waals surface area contributed by atoms with Gasteiger partial charge in [-0.3, -0.25) is 4.79 Å². The maximum absolute atomic E-state index is 13.9. The number of hydrogen-bond donors (Lipinski definition) is 0. The molecule has 0 bridgehead atoms. The first-order valence-electron chi connectivity index (χ1n) is 6.64. The fourth-order valence-corrected chi connectivity index (χ4v) is 3.10. The van der Waals surface area contributed by atoms with Crippen molar-refractivity contribution in [2.75, 3.05) is 7.11 Å². The van der Waals surface area contributed by atoms with Gasteiger partial charge in [-0.2, -0.15) is 0 Å². The topological polar surface area (TPSA) is 26.3 Å². The molecule has 0 N–H and O–H groups in total. The van der Waals surface area contributed by atoms with Gasteiger partial charge in [-0.15, -0.1) is 0 Å². The molecule has 1 aliphatic rings. The zero-order valence-corrected chi connectivity index (χ0v) is 12.6. The van der Waals surface area contributed by atoms with E-state index in [1.807, 2.05) is 0 Å². The van der Waals surface area contributed by atoms with Gasteiger partial charge in [-0.25, -0.2) is 4.39 Å². The lowest BCUT2D eigenvalue weighted by Crippen LogP contribution is -2.40. The number of hydrogen-bond acceptors (Lipinski definition) is 2. The first kappa shape index (κ1) is 14.7. The molecule has 0 saturated heterocycles. The Hall–Kier alpha value is -0.740. The number of benzene rings is 1. The summed E-state index contributed by atoms with van der Waals surface area (Å²) in [6, 6.07) is 4.46. The van der Waals surface area contributed by atoms with E-state index in [0.29, 0.717) is 17.3 Å². The Bertz CT molecular complexity index is 465. The summed E-state index contributed by atoms with van der Waals surface area (Å²) in [5.74, 6) is -0.704. The molecule has 1 saturated carbocycles. The molecule has 0 atom stereocenters. The van der Waals surface area contributed by atoms with Crippen LogP contribution < -0.4 is 0 Å². The van der Waals surface area contributed by atoms with E-state index in [1.54, 1.807) is 19.2 Å². The van der Waals surface area contributed by atoms with Crippen LogP contribution in [0.5, 0.6) is 0 Å². The van der Waals surface area contributed by atoms with Gasteiger partial charge < -0.3 is 4.74 Å². The van der Waals surface area contributed by atoms with E-state index in [9.17, 15) is 9.18 Å². The Morgan fingerprint density at radius 3 is 2.47 bits per heavy atom. The van der Waals surface area contributed by atoms with Gasteiger partial charge >= 0.3 is 0 Å². The average molecular weight is 329 g/mol. The van der Waals surface area contributed by atoms with Crippen LogP contribution in [0, 0.1) is 5.82 Å². The molecule has 0 aromatic heterocycles. The summed E-state index contributed by atoms with van der Waals surface area (Å²) >= 11 is 3.28. The monoisotopic (exact) mass is 328 g/mol. The van der Waals surface area contributed by atoms with E-state index in [-0.39, 0.29) is 11.3 Å². The molecule has 1 aromatic rings. The number of ketones is 1. The Labute approximate surface area is 121 Å². The minimum absolute atomic E-state index is 0.123. The molecule has 0 spiro atoms. The van der Waals surface area contributed by atoms with E-state index in [0.717, 1.165) is 25.7 Å². The van der Waals surface area contributed by atoms with Crippen molar-refractivity contribution in [1.82, 2.24) is 0 Å². The van der Waals surface area contributed by atoms with Crippen molar-refractivity contribution in [1.29, 1.82) is 0 Å². The van der Waals surface area contributed by atoms with Crippen LogP contribution in [0.15, 0.2) is 22.7 Å². The molecule has 1 aliphatic carbocycles. The predicted molar refractivity (Wildman–Crippen MR) is 75.9 cm³/mol. The van der Waals surface area contributed by atoms with Crippen LogP contribution in [0.4, 0.5) is 4.39 Å². The van der Waals surface area contributed by atoms with E-state index >= 15 is 0 Å². The lowest BCUT2D eigenvalue weighted by Gasteiger charge is -2.30. The highest BCUT2D eigenvalue weighted by molar-refractivity contribution is 9.10.